The molecule has 0 saturated carbocycles. The molecule has 2 aromatic rings. The maximum absolute atomic E-state index is 12.5. The number of benzene rings is 2. The largest absolute Gasteiger partial charge is 0.479 e. The van der Waals surface area contributed by atoms with Crippen molar-refractivity contribution in [3.63, 3.8) is 0 Å². The van der Waals surface area contributed by atoms with E-state index in [0.717, 1.165) is 16.8 Å². The number of hydrogen-bond acceptors (Lipinski definition) is 5. The quantitative estimate of drug-likeness (QED) is 0.766. The lowest BCUT2D eigenvalue weighted by Gasteiger charge is -2.08. The fourth-order valence-corrected chi connectivity index (χ4v) is 3.38. The molecule has 130 valence electrons. The van der Waals surface area contributed by atoms with E-state index in [2.05, 4.69) is 4.99 Å². The molecular formula is C20H17N3O2S. The van der Waals surface area contributed by atoms with Crippen LogP contribution in [0.4, 0.5) is 5.69 Å². The van der Waals surface area contributed by atoms with Gasteiger partial charge in [-0.2, -0.15) is 5.26 Å². The Labute approximate surface area is 156 Å². The Morgan fingerprint density at radius 1 is 1.27 bits per heavy atom. The molecule has 1 fully saturated rings. The van der Waals surface area contributed by atoms with Crippen LogP contribution in [0.3, 0.4) is 0 Å². The zero-order valence-corrected chi connectivity index (χ0v) is 15.3. The average Bonchev–Trinajstić information content (AvgIpc) is 2.90. The number of aryl methyl sites for hydroxylation is 1. The van der Waals surface area contributed by atoms with Gasteiger partial charge in [0.15, 0.2) is 11.8 Å². The van der Waals surface area contributed by atoms with E-state index in [-0.39, 0.29) is 12.5 Å². The number of aliphatic imine (C=N–C) groups is 1. The summed E-state index contributed by atoms with van der Waals surface area (Å²) >= 11 is 1.34. The van der Waals surface area contributed by atoms with Crippen molar-refractivity contribution in [1.29, 1.82) is 5.26 Å². The van der Waals surface area contributed by atoms with Crippen LogP contribution >= 0.6 is 11.8 Å². The molecule has 1 amide bonds. The Bertz CT molecular complexity index is 944. The molecule has 1 aliphatic rings. The first-order chi connectivity index (χ1) is 12.6. The molecule has 0 aromatic heterocycles. The molecule has 2 aromatic carbocycles. The minimum absolute atomic E-state index is 0.0102. The van der Waals surface area contributed by atoms with Crippen LogP contribution < -0.4 is 4.74 Å². The minimum atomic E-state index is -0.0920. The number of thioether (sulfide) groups is 1. The van der Waals surface area contributed by atoms with Crippen molar-refractivity contribution in [2.45, 2.75) is 6.92 Å². The predicted octanol–water partition coefficient (Wildman–Crippen LogP) is 4.13. The summed E-state index contributed by atoms with van der Waals surface area (Å²) in [6.07, 6.45) is 1.81. The van der Waals surface area contributed by atoms with Gasteiger partial charge in [-0.05, 0) is 54.1 Å². The summed E-state index contributed by atoms with van der Waals surface area (Å²) in [6, 6.07) is 17.0. The number of hydrogen-bond donors (Lipinski definition) is 0. The Balaban J connectivity index is 1.86. The van der Waals surface area contributed by atoms with Crippen LogP contribution in [0, 0.1) is 18.3 Å². The van der Waals surface area contributed by atoms with Crippen LogP contribution in [0.15, 0.2) is 58.4 Å². The van der Waals surface area contributed by atoms with Gasteiger partial charge in [0.1, 0.15) is 11.8 Å². The highest BCUT2D eigenvalue weighted by molar-refractivity contribution is 8.18. The van der Waals surface area contributed by atoms with Crippen LogP contribution in [-0.4, -0.2) is 29.6 Å². The Morgan fingerprint density at radius 2 is 2.08 bits per heavy atom. The van der Waals surface area contributed by atoms with E-state index in [9.17, 15) is 4.79 Å². The number of rotatable bonds is 4. The van der Waals surface area contributed by atoms with Gasteiger partial charge in [-0.1, -0.05) is 30.3 Å². The molecular weight excluding hydrogens is 346 g/mol. The number of nitriles is 1. The highest BCUT2D eigenvalue weighted by atomic mass is 32.2. The van der Waals surface area contributed by atoms with Crippen LogP contribution in [0.5, 0.6) is 5.75 Å². The molecule has 0 bridgehead atoms. The molecule has 1 heterocycles. The third kappa shape index (κ3) is 3.95. The zero-order chi connectivity index (χ0) is 18.5. The van der Waals surface area contributed by atoms with E-state index in [0.29, 0.717) is 15.8 Å². The number of carbonyl (C=O) groups is 1. The first kappa shape index (κ1) is 17.8. The van der Waals surface area contributed by atoms with E-state index < -0.39 is 0 Å². The van der Waals surface area contributed by atoms with Crippen molar-refractivity contribution in [3.8, 4) is 11.8 Å². The van der Waals surface area contributed by atoms with E-state index in [1.54, 1.807) is 24.1 Å². The number of amides is 1. The molecule has 0 aliphatic carbocycles. The molecule has 1 saturated heterocycles. The van der Waals surface area contributed by atoms with Gasteiger partial charge in [0.2, 0.25) is 0 Å². The van der Waals surface area contributed by atoms with Gasteiger partial charge in [-0.25, -0.2) is 4.99 Å². The first-order valence-electron chi connectivity index (χ1n) is 8.00. The highest BCUT2D eigenvalue weighted by Gasteiger charge is 2.30. The lowest BCUT2D eigenvalue weighted by molar-refractivity contribution is -0.121. The fourth-order valence-electron chi connectivity index (χ4n) is 2.40. The number of amidine groups is 1. The topological polar surface area (TPSA) is 65.7 Å². The van der Waals surface area contributed by atoms with Crippen LogP contribution in [-0.2, 0) is 4.79 Å². The number of nitrogens with zero attached hydrogens (tertiary/aromatic N) is 3. The second-order valence-electron chi connectivity index (χ2n) is 5.67. The number of para-hydroxylation sites is 1. The van der Waals surface area contributed by atoms with E-state index in [1.165, 1.54) is 11.8 Å². The standard InChI is InChI=1S/C20H17N3O2S/c1-14-6-3-4-9-17(14)22-20-23(2)19(24)18(26-20)13-15-7-5-8-16(12-15)25-11-10-21/h3-9,12-13H,11H2,1-2H3/b18-13-,22-20?. The molecule has 0 N–H and O–H groups in total. The summed E-state index contributed by atoms with van der Waals surface area (Å²) in [4.78, 5) is 19.3. The monoisotopic (exact) mass is 363 g/mol. The van der Waals surface area contributed by atoms with E-state index in [1.807, 2.05) is 55.5 Å². The summed E-state index contributed by atoms with van der Waals surface area (Å²) in [5.41, 5.74) is 2.74. The normalized spacial score (nSPS) is 17.0. The molecule has 3 rings (SSSR count). The maximum Gasteiger partial charge on any atom is 0.266 e. The molecule has 0 unspecified atom stereocenters. The second kappa shape index (κ2) is 7.89. The molecule has 6 heteroatoms. The summed E-state index contributed by atoms with van der Waals surface area (Å²) in [5, 5.41) is 9.25. The van der Waals surface area contributed by atoms with Crippen LogP contribution in [0.1, 0.15) is 11.1 Å². The number of ether oxygens (including phenoxy) is 1. The number of carbonyl (C=O) groups excluding carboxylic acids is 1. The Hall–Kier alpha value is -3.04. The lowest BCUT2D eigenvalue weighted by Crippen LogP contribution is -2.23. The zero-order valence-electron chi connectivity index (χ0n) is 14.5. The van der Waals surface area contributed by atoms with Crippen LogP contribution in [0.25, 0.3) is 6.08 Å². The summed E-state index contributed by atoms with van der Waals surface area (Å²) in [6.45, 7) is 1.98. The molecule has 5 nitrogen and oxygen atoms in total. The summed E-state index contributed by atoms with van der Waals surface area (Å²) in [7, 11) is 1.72. The molecule has 1 aliphatic heterocycles. The van der Waals surface area contributed by atoms with Gasteiger partial charge >= 0.3 is 0 Å². The fraction of sp³-hybridized carbons (Fsp3) is 0.150. The van der Waals surface area contributed by atoms with Gasteiger partial charge in [0, 0.05) is 7.05 Å². The SMILES string of the molecule is Cc1ccccc1N=C1S/C(=C\c2cccc(OCC#N)c2)C(=O)N1C. The van der Waals surface area contributed by atoms with Gasteiger partial charge in [0.25, 0.3) is 5.91 Å². The van der Waals surface area contributed by atoms with E-state index >= 15 is 0 Å². The Kier molecular flexibility index (Phi) is 5.40. The van der Waals surface area contributed by atoms with Crippen molar-refractivity contribution in [2.24, 2.45) is 4.99 Å². The maximum atomic E-state index is 12.5. The lowest BCUT2D eigenvalue weighted by atomic mass is 10.2. The van der Waals surface area contributed by atoms with Crippen molar-refractivity contribution in [2.75, 3.05) is 13.7 Å². The van der Waals surface area contributed by atoms with Gasteiger partial charge in [-0.15, -0.1) is 0 Å². The van der Waals surface area contributed by atoms with Crippen molar-refractivity contribution in [3.05, 3.63) is 64.6 Å². The predicted molar refractivity (Wildman–Crippen MR) is 104 cm³/mol. The third-order valence-electron chi connectivity index (χ3n) is 3.79. The van der Waals surface area contributed by atoms with Gasteiger partial charge in [0.05, 0.1) is 10.6 Å². The first-order valence-corrected chi connectivity index (χ1v) is 8.82. The van der Waals surface area contributed by atoms with Crippen molar-refractivity contribution in [1.82, 2.24) is 4.90 Å². The average molecular weight is 363 g/mol. The molecule has 0 atom stereocenters. The highest BCUT2D eigenvalue weighted by Crippen LogP contribution is 2.34. The third-order valence-corrected chi connectivity index (χ3v) is 4.85. The molecule has 26 heavy (non-hydrogen) atoms. The van der Waals surface area contributed by atoms with Gasteiger partial charge < -0.3 is 4.74 Å². The van der Waals surface area contributed by atoms with Crippen molar-refractivity contribution < 1.29 is 9.53 Å². The Morgan fingerprint density at radius 3 is 2.85 bits per heavy atom. The molecule has 0 radical (unpaired) electrons. The number of likely N-dealkylation sites (N-methyl/N-ethyl adjacent to an activating group) is 1. The smallest absolute Gasteiger partial charge is 0.266 e. The second-order valence-corrected chi connectivity index (χ2v) is 6.68. The minimum Gasteiger partial charge on any atom is -0.479 e. The summed E-state index contributed by atoms with van der Waals surface area (Å²) in [5.74, 6) is 0.504. The van der Waals surface area contributed by atoms with Crippen molar-refractivity contribution >= 4 is 34.6 Å². The summed E-state index contributed by atoms with van der Waals surface area (Å²) < 4.78 is 5.31. The molecule has 0 spiro atoms. The van der Waals surface area contributed by atoms with E-state index in [4.69, 9.17) is 10.00 Å². The van der Waals surface area contributed by atoms with Crippen LogP contribution in [0.2, 0.25) is 0 Å². The van der Waals surface area contributed by atoms with Gasteiger partial charge in [-0.3, -0.25) is 9.69 Å².